The Kier molecular flexibility index (Phi) is 10.8. The zero-order valence-electron chi connectivity index (χ0n) is 26.8. The number of benzene rings is 2. The second kappa shape index (κ2) is 14.5. The average Bonchev–Trinajstić information content (AvgIpc) is 3.00. The van der Waals surface area contributed by atoms with Crippen LogP contribution in [0.4, 0.5) is 5.69 Å². The average molecular weight is 586 g/mol. The third-order valence-electron chi connectivity index (χ3n) is 8.72. The number of carbonyl (C=O) groups excluding carboxylic acids is 2. The van der Waals surface area contributed by atoms with Crippen LogP contribution < -0.4 is 15.0 Å². The van der Waals surface area contributed by atoms with Gasteiger partial charge in [-0.25, -0.2) is 0 Å². The Morgan fingerprint density at radius 3 is 2.26 bits per heavy atom. The van der Waals surface area contributed by atoms with Crippen molar-refractivity contribution >= 4 is 17.5 Å². The lowest BCUT2D eigenvalue weighted by Crippen LogP contribution is -2.48. The molecule has 43 heavy (non-hydrogen) atoms. The summed E-state index contributed by atoms with van der Waals surface area (Å²) < 4.78 is 5.40. The molecule has 8 nitrogen and oxygen atoms in total. The predicted molar refractivity (Wildman–Crippen MR) is 173 cm³/mol. The van der Waals surface area contributed by atoms with Crippen molar-refractivity contribution in [1.82, 2.24) is 20.1 Å². The van der Waals surface area contributed by atoms with E-state index in [1.807, 2.05) is 50.5 Å². The molecule has 1 aliphatic heterocycles. The molecule has 8 heteroatoms. The van der Waals surface area contributed by atoms with Gasteiger partial charge in [0.2, 0.25) is 0 Å². The van der Waals surface area contributed by atoms with Gasteiger partial charge in [0.15, 0.2) is 0 Å². The first-order valence-electron chi connectivity index (χ1n) is 15.2. The molecule has 1 saturated heterocycles. The number of amides is 2. The van der Waals surface area contributed by atoms with Gasteiger partial charge >= 0.3 is 0 Å². The van der Waals surface area contributed by atoms with Gasteiger partial charge in [-0.05, 0) is 112 Å². The highest BCUT2D eigenvalue weighted by atomic mass is 16.5. The molecule has 0 radical (unpaired) electrons. The Morgan fingerprint density at radius 2 is 1.67 bits per heavy atom. The van der Waals surface area contributed by atoms with E-state index in [0.717, 1.165) is 55.8 Å². The summed E-state index contributed by atoms with van der Waals surface area (Å²) in [6.45, 7) is 11.6. The number of carbonyl (C=O) groups is 2. The van der Waals surface area contributed by atoms with E-state index in [1.54, 1.807) is 26.1 Å². The molecule has 1 unspecified atom stereocenters. The van der Waals surface area contributed by atoms with Gasteiger partial charge in [0.05, 0.1) is 7.11 Å². The number of nitrogens with one attached hydrogen (secondary N) is 1. The van der Waals surface area contributed by atoms with Crippen molar-refractivity contribution in [3.05, 3.63) is 88.2 Å². The maximum Gasteiger partial charge on any atom is 0.253 e. The predicted octanol–water partition coefficient (Wildman–Crippen LogP) is 5.40. The lowest BCUT2D eigenvalue weighted by molar-refractivity contribution is 0.0826. The second-order valence-corrected chi connectivity index (χ2v) is 12.0. The Morgan fingerprint density at radius 1 is 1.02 bits per heavy atom. The van der Waals surface area contributed by atoms with Crippen LogP contribution >= 0.6 is 0 Å². The van der Waals surface area contributed by atoms with Crippen LogP contribution in [-0.4, -0.2) is 79.5 Å². The van der Waals surface area contributed by atoms with E-state index in [2.05, 4.69) is 52.1 Å². The van der Waals surface area contributed by atoms with Crippen molar-refractivity contribution in [3.63, 3.8) is 0 Å². The summed E-state index contributed by atoms with van der Waals surface area (Å²) >= 11 is 0. The van der Waals surface area contributed by atoms with Gasteiger partial charge in [-0.15, -0.1) is 0 Å². The van der Waals surface area contributed by atoms with E-state index in [-0.39, 0.29) is 11.8 Å². The number of hydrogen-bond donors (Lipinski definition) is 1. The summed E-state index contributed by atoms with van der Waals surface area (Å²) in [6.07, 6.45) is 6.85. The number of pyridine rings is 1. The molecule has 1 fully saturated rings. The van der Waals surface area contributed by atoms with Crippen molar-refractivity contribution < 1.29 is 14.3 Å². The number of aromatic nitrogens is 1. The van der Waals surface area contributed by atoms with Crippen LogP contribution in [0.2, 0.25) is 0 Å². The summed E-state index contributed by atoms with van der Waals surface area (Å²) in [5.41, 5.74) is 6.60. The van der Waals surface area contributed by atoms with Gasteiger partial charge in [0, 0.05) is 81.6 Å². The summed E-state index contributed by atoms with van der Waals surface area (Å²) in [5, 5.41) is 3.13. The quantitative estimate of drug-likeness (QED) is 0.325. The van der Waals surface area contributed by atoms with E-state index >= 15 is 0 Å². The molecule has 0 spiro atoms. The van der Waals surface area contributed by atoms with Crippen molar-refractivity contribution in [2.45, 2.75) is 65.6 Å². The lowest BCUT2D eigenvalue weighted by Gasteiger charge is -2.42. The number of rotatable bonds is 11. The molecular formula is C35H47N5O3. The first kappa shape index (κ1) is 32.0. The fraction of sp³-hybridized carbons (Fsp3) is 0.457. The summed E-state index contributed by atoms with van der Waals surface area (Å²) in [7, 11) is 5.16. The number of piperidine rings is 1. The first-order chi connectivity index (χ1) is 20.6. The molecule has 1 N–H and O–H groups in total. The number of hydrogen-bond acceptors (Lipinski definition) is 6. The molecule has 3 aromatic rings. The molecule has 230 valence electrons. The van der Waals surface area contributed by atoms with Crippen LogP contribution in [0.3, 0.4) is 0 Å². The van der Waals surface area contributed by atoms with Gasteiger partial charge in [0.1, 0.15) is 5.75 Å². The molecule has 1 atom stereocenters. The Labute approximate surface area is 257 Å². The fourth-order valence-electron chi connectivity index (χ4n) is 6.06. The number of methoxy groups -OCH3 is 1. The minimum atomic E-state index is -0.0782. The van der Waals surface area contributed by atoms with E-state index in [1.165, 1.54) is 16.8 Å². The molecule has 2 aromatic carbocycles. The molecule has 0 aliphatic carbocycles. The standard InChI is InChI=1S/C35H47N5O3/c1-24-12-16-36-22-29(24)23-40(30-8-10-32(43-7)11-9-30)31-14-18-39(19-15-31)27(4)13-17-37-34(41)33-25(2)20-28(21-26(33)3)35(42)38(5)6/h8-12,16,20-22,27,31H,13-15,17-19,23H2,1-7H3,(H,37,41). The fourth-order valence-corrected chi connectivity index (χ4v) is 6.06. The maximum atomic E-state index is 13.1. The van der Waals surface area contributed by atoms with Crippen molar-refractivity contribution in [1.29, 1.82) is 0 Å². The third kappa shape index (κ3) is 7.93. The number of nitrogens with zero attached hydrogens (tertiary/aromatic N) is 4. The highest BCUT2D eigenvalue weighted by molar-refractivity contribution is 6.00. The summed E-state index contributed by atoms with van der Waals surface area (Å²) in [5.74, 6) is 0.722. The van der Waals surface area contributed by atoms with E-state index in [4.69, 9.17) is 4.74 Å². The largest absolute Gasteiger partial charge is 0.497 e. The van der Waals surface area contributed by atoms with E-state index in [0.29, 0.717) is 29.8 Å². The minimum Gasteiger partial charge on any atom is -0.497 e. The highest BCUT2D eigenvalue weighted by Gasteiger charge is 2.28. The van der Waals surface area contributed by atoms with Gasteiger partial charge in [-0.2, -0.15) is 0 Å². The van der Waals surface area contributed by atoms with Crippen molar-refractivity contribution in [2.75, 3.05) is 45.7 Å². The summed E-state index contributed by atoms with van der Waals surface area (Å²) in [6, 6.07) is 14.8. The normalized spacial score (nSPS) is 14.7. The van der Waals surface area contributed by atoms with Gasteiger partial charge in [0.25, 0.3) is 11.8 Å². The summed E-state index contributed by atoms with van der Waals surface area (Å²) in [4.78, 5) is 36.5. The van der Waals surface area contributed by atoms with Crippen LogP contribution in [0, 0.1) is 20.8 Å². The molecule has 0 saturated carbocycles. The zero-order valence-corrected chi connectivity index (χ0v) is 26.8. The lowest BCUT2D eigenvalue weighted by atomic mass is 9.97. The van der Waals surface area contributed by atoms with Crippen LogP contribution in [0.5, 0.6) is 5.75 Å². The smallest absolute Gasteiger partial charge is 0.253 e. The Bertz CT molecular complexity index is 1370. The van der Waals surface area contributed by atoms with Gasteiger partial charge in [-0.1, -0.05) is 0 Å². The molecule has 2 heterocycles. The van der Waals surface area contributed by atoms with Crippen LogP contribution in [0.25, 0.3) is 0 Å². The molecule has 2 amide bonds. The first-order valence-corrected chi connectivity index (χ1v) is 15.2. The van der Waals surface area contributed by atoms with E-state index < -0.39 is 0 Å². The molecule has 0 bridgehead atoms. The Balaban J connectivity index is 1.33. The highest BCUT2D eigenvalue weighted by Crippen LogP contribution is 2.29. The van der Waals surface area contributed by atoms with E-state index in [9.17, 15) is 9.59 Å². The molecular weight excluding hydrogens is 538 g/mol. The SMILES string of the molecule is COc1ccc(N(Cc2cnccc2C)C2CCN(C(C)CCNC(=O)c3c(C)cc(C(=O)N(C)C)cc3C)CC2)cc1. The molecule has 1 aromatic heterocycles. The number of anilines is 1. The third-order valence-corrected chi connectivity index (χ3v) is 8.72. The minimum absolute atomic E-state index is 0.0601. The number of likely N-dealkylation sites (tertiary alicyclic amines) is 1. The zero-order chi connectivity index (χ0) is 31.1. The van der Waals surface area contributed by atoms with Crippen molar-refractivity contribution in [3.8, 4) is 5.75 Å². The second-order valence-electron chi connectivity index (χ2n) is 12.0. The number of aryl methyl sites for hydroxylation is 3. The van der Waals surface area contributed by atoms with Crippen LogP contribution in [0.1, 0.15) is 69.2 Å². The van der Waals surface area contributed by atoms with Gasteiger partial charge in [-0.3, -0.25) is 14.6 Å². The van der Waals surface area contributed by atoms with Gasteiger partial charge < -0.3 is 24.8 Å². The van der Waals surface area contributed by atoms with Crippen LogP contribution in [-0.2, 0) is 6.54 Å². The molecule has 4 rings (SSSR count). The van der Waals surface area contributed by atoms with Crippen LogP contribution in [0.15, 0.2) is 54.9 Å². The number of ether oxygens (including phenoxy) is 1. The topological polar surface area (TPSA) is 78.0 Å². The van der Waals surface area contributed by atoms with Crippen molar-refractivity contribution in [2.24, 2.45) is 0 Å². The molecule has 1 aliphatic rings. The monoisotopic (exact) mass is 585 g/mol. The maximum absolute atomic E-state index is 13.1. The Hall–Kier alpha value is -3.91.